The van der Waals surface area contributed by atoms with Crippen LogP contribution in [-0.2, 0) is 10.8 Å². The molecule has 0 saturated heterocycles. The number of hydrogen-bond donors (Lipinski definition) is 0. The number of benzene rings is 10. The van der Waals surface area contributed by atoms with Crippen LogP contribution in [-0.4, -0.2) is 0 Å². The van der Waals surface area contributed by atoms with Gasteiger partial charge >= 0.3 is 0 Å². The predicted molar refractivity (Wildman–Crippen MR) is 228 cm³/mol. The van der Waals surface area contributed by atoms with E-state index < -0.39 is 0 Å². The van der Waals surface area contributed by atoms with Crippen molar-refractivity contribution in [2.75, 3.05) is 0 Å². The molecule has 10 rings (SSSR count). The van der Waals surface area contributed by atoms with Gasteiger partial charge < -0.3 is 0 Å². The molecule has 250 valence electrons. The molecule has 10 aromatic carbocycles. The molecule has 0 spiro atoms. The highest BCUT2D eigenvalue weighted by Crippen LogP contribution is 2.45. The molecule has 0 unspecified atom stereocenters. The van der Waals surface area contributed by atoms with Crippen LogP contribution < -0.4 is 0 Å². The van der Waals surface area contributed by atoms with Crippen LogP contribution in [0.3, 0.4) is 0 Å². The van der Waals surface area contributed by atoms with Crippen molar-refractivity contribution >= 4 is 64.6 Å². The average molecular weight is 667 g/mol. The van der Waals surface area contributed by atoms with Crippen LogP contribution in [0.4, 0.5) is 0 Å². The number of hydrogen-bond acceptors (Lipinski definition) is 0. The lowest BCUT2D eigenvalue weighted by molar-refractivity contribution is 0.591. The smallest absolute Gasteiger partial charge is 0.00206 e. The third kappa shape index (κ3) is 4.74. The molecule has 0 fully saturated rings. The molecule has 0 aliphatic heterocycles. The summed E-state index contributed by atoms with van der Waals surface area (Å²) in [5.41, 5.74) is 10.4. The molecule has 0 N–H and O–H groups in total. The quantitative estimate of drug-likeness (QED) is 0.165. The van der Waals surface area contributed by atoms with Gasteiger partial charge in [0.05, 0.1) is 0 Å². The van der Waals surface area contributed by atoms with Crippen LogP contribution in [0.5, 0.6) is 0 Å². The second-order valence-corrected chi connectivity index (χ2v) is 17.0. The van der Waals surface area contributed by atoms with Gasteiger partial charge in [-0.05, 0) is 138 Å². The first kappa shape index (κ1) is 31.1. The highest BCUT2D eigenvalue weighted by molar-refractivity contribution is 6.27. The van der Waals surface area contributed by atoms with Crippen LogP contribution in [0.25, 0.3) is 98.0 Å². The Morgan fingerprint density at radius 2 is 0.654 bits per heavy atom. The largest absolute Gasteiger partial charge is 0.0622 e. The molecule has 0 amide bonds. The fourth-order valence-electron chi connectivity index (χ4n) is 8.74. The van der Waals surface area contributed by atoms with E-state index in [2.05, 4.69) is 187 Å². The van der Waals surface area contributed by atoms with Crippen molar-refractivity contribution in [2.24, 2.45) is 0 Å². The van der Waals surface area contributed by atoms with Crippen molar-refractivity contribution in [3.05, 3.63) is 157 Å². The van der Waals surface area contributed by atoms with Gasteiger partial charge in [-0.2, -0.15) is 0 Å². The molecule has 0 aliphatic rings. The summed E-state index contributed by atoms with van der Waals surface area (Å²) >= 11 is 0. The minimum Gasteiger partial charge on any atom is -0.0622 e. The molecule has 0 atom stereocenters. The highest BCUT2D eigenvalue weighted by atomic mass is 14.2. The normalized spacial score (nSPS) is 12.8. The van der Waals surface area contributed by atoms with E-state index in [0.717, 1.165) is 0 Å². The summed E-state index contributed by atoms with van der Waals surface area (Å²) in [6.07, 6.45) is 0. The van der Waals surface area contributed by atoms with Gasteiger partial charge in [-0.1, -0.05) is 169 Å². The molecule has 0 radical (unpaired) electrons. The highest BCUT2D eigenvalue weighted by Gasteiger charge is 2.21. The predicted octanol–water partition coefficient (Wildman–Crippen LogP) is 15.1. The topological polar surface area (TPSA) is 0 Å². The van der Waals surface area contributed by atoms with Crippen molar-refractivity contribution in [3.63, 3.8) is 0 Å². The van der Waals surface area contributed by atoms with Crippen LogP contribution in [0.1, 0.15) is 52.7 Å². The lowest BCUT2D eigenvalue weighted by atomic mass is 9.82. The third-order valence-corrected chi connectivity index (χ3v) is 11.6. The number of rotatable bonds is 3. The van der Waals surface area contributed by atoms with E-state index in [4.69, 9.17) is 0 Å². The fourth-order valence-corrected chi connectivity index (χ4v) is 8.74. The summed E-state index contributed by atoms with van der Waals surface area (Å²) in [6.45, 7) is 13.8. The molecule has 0 saturated carbocycles. The molecule has 0 aliphatic carbocycles. The molecule has 52 heavy (non-hydrogen) atoms. The van der Waals surface area contributed by atoms with Gasteiger partial charge in [0.1, 0.15) is 0 Å². The van der Waals surface area contributed by atoms with Gasteiger partial charge in [-0.15, -0.1) is 0 Å². The molecule has 0 bridgehead atoms. The molecule has 0 heterocycles. The third-order valence-electron chi connectivity index (χ3n) is 11.6. The Morgan fingerprint density at radius 1 is 0.288 bits per heavy atom. The Hall–Kier alpha value is -5.72. The zero-order chi connectivity index (χ0) is 35.5. The Morgan fingerprint density at radius 3 is 1.08 bits per heavy atom. The van der Waals surface area contributed by atoms with E-state index in [1.807, 2.05) is 0 Å². The second-order valence-electron chi connectivity index (χ2n) is 17.0. The summed E-state index contributed by atoms with van der Waals surface area (Å²) in [6, 6.07) is 55.7. The molecule has 0 aromatic heterocycles. The SMILES string of the molecule is CC(C)(C)c1cc2ccc3ccc(-c4cc(-c5ccccc5)cc(-c5ccc6ccc7cc(C(C)(C)C)cc8ccc5c6c78)c4)c4ccc(c1)c2c34. The molecular formula is C52H42. The summed E-state index contributed by atoms with van der Waals surface area (Å²) in [7, 11) is 0. The van der Waals surface area contributed by atoms with Crippen molar-refractivity contribution in [2.45, 2.75) is 52.4 Å². The summed E-state index contributed by atoms with van der Waals surface area (Å²) < 4.78 is 0. The van der Waals surface area contributed by atoms with Gasteiger partial charge in [-0.25, -0.2) is 0 Å². The minimum absolute atomic E-state index is 0.0877. The maximum atomic E-state index is 2.43. The van der Waals surface area contributed by atoms with E-state index in [1.54, 1.807) is 0 Å². The maximum Gasteiger partial charge on any atom is -0.00206 e. The first-order valence-electron chi connectivity index (χ1n) is 18.7. The van der Waals surface area contributed by atoms with Gasteiger partial charge in [0, 0.05) is 0 Å². The van der Waals surface area contributed by atoms with Gasteiger partial charge in [0.15, 0.2) is 0 Å². The Bertz CT molecular complexity index is 2780. The standard InChI is InChI=1S/C52H42/c1-51(2,3)41-27-34-14-12-32-16-20-43(45-22-18-36(29-41)47(34)49(32)45)39-24-38(31-10-8-7-9-11-31)25-40(26-39)44-21-17-33-13-15-35-28-42(52(4,5)6)30-37-19-23-46(44)50(33)48(35)37/h7-30H,1-6H3. The lowest BCUT2D eigenvalue weighted by Gasteiger charge is -2.22. The van der Waals surface area contributed by atoms with Crippen LogP contribution in [0.2, 0.25) is 0 Å². The van der Waals surface area contributed by atoms with E-state index in [9.17, 15) is 0 Å². The first-order valence-corrected chi connectivity index (χ1v) is 18.7. The lowest BCUT2D eigenvalue weighted by Crippen LogP contribution is -2.10. The Labute approximate surface area is 306 Å². The average Bonchev–Trinajstić information content (AvgIpc) is 3.15. The monoisotopic (exact) mass is 666 g/mol. The summed E-state index contributed by atoms with van der Waals surface area (Å²) in [4.78, 5) is 0. The van der Waals surface area contributed by atoms with E-state index in [-0.39, 0.29) is 10.8 Å². The second kappa shape index (κ2) is 10.9. The first-order chi connectivity index (χ1) is 25.0. The Balaban J connectivity index is 1.23. The van der Waals surface area contributed by atoms with Crippen molar-refractivity contribution in [3.8, 4) is 33.4 Å². The minimum atomic E-state index is 0.0877. The molecule has 0 nitrogen and oxygen atoms in total. The Kier molecular flexibility index (Phi) is 6.50. The molecular weight excluding hydrogens is 625 g/mol. The van der Waals surface area contributed by atoms with Gasteiger partial charge in [0.25, 0.3) is 0 Å². The fraction of sp³-hybridized carbons (Fsp3) is 0.154. The molecule has 0 heteroatoms. The van der Waals surface area contributed by atoms with Gasteiger partial charge in [0.2, 0.25) is 0 Å². The van der Waals surface area contributed by atoms with Crippen molar-refractivity contribution < 1.29 is 0 Å². The van der Waals surface area contributed by atoms with Gasteiger partial charge in [-0.3, -0.25) is 0 Å². The summed E-state index contributed by atoms with van der Waals surface area (Å²) in [5.74, 6) is 0. The van der Waals surface area contributed by atoms with E-state index >= 15 is 0 Å². The maximum absolute atomic E-state index is 2.43. The van der Waals surface area contributed by atoms with Crippen molar-refractivity contribution in [1.82, 2.24) is 0 Å². The van der Waals surface area contributed by atoms with Crippen molar-refractivity contribution in [1.29, 1.82) is 0 Å². The zero-order valence-corrected chi connectivity index (χ0v) is 30.9. The van der Waals surface area contributed by atoms with E-state index in [1.165, 1.54) is 109 Å². The zero-order valence-electron chi connectivity index (χ0n) is 30.9. The molecule has 10 aromatic rings. The summed E-state index contributed by atoms with van der Waals surface area (Å²) in [5, 5.41) is 15.9. The van der Waals surface area contributed by atoms with Crippen LogP contribution >= 0.6 is 0 Å². The van der Waals surface area contributed by atoms with Crippen LogP contribution in [0.15, 0.2) is 146 Å². The van der Waals surface area contributed by atoms with E-state index in [0.29, 0.717) is 0 Å². The van der Waals surface area contributed by atoms with Crippen LogP contribution in [0, 0.1) is 0 Å².